The van der Waals surface area contributed by atoms with E-state index in [0.29, 0.717) is 22.3 Å². The molecule has 3 rings (SSSR count). The number of carbonyl (C=O) groups excluding carboxylic acids is 3. The van der Waals surface area contributed by atoms with Crippen molar-refractivity contribution in [3.8, 4) is 5.75 Å². The van der Waals surface area contributed by atoms with Gasteiger partial charge < -0.3 is 4.74 Å². The first-order valence-corrected chi connectivity index (χ1v) is 6.71. The van der Waals surface area contributed by atoms with Crippen LogP contribution >= 0.6 is 0 Å². The normalized spacial score (nSPS) is 12.4. The molecule has 2 aromatic rings. The zero-order chi connectivity index (χ0) is 15.9. The minimum Gasteiger partial charge on any atom is -0.423 e. The highest BCUT2D eigenvalue weighted by atomic mass is 16.5. The molecule has 4 nitrogen and oxygen atoms in total. The Labute approximate surface area is 127 Å². The number of hydrogen-bond acceptors (Lipinski definition) is 4. The molecule has 0 heterocycles. The summed E-state index contributed by atoms with van der Waals surface area (Å²) in [7, 11) is 0. The molecule has 0 atom stereocenters. The van der Waals surface area contributed by atoms with Gasteiger partial charge in [0.1, 0.15) is 5.75 Å². The van der Waals surface area contributed by atoms with Gasteiger partial charge in [0.25, 0.3) is 0 Å². The molecule has 0 radical (unpaired) electrons. The number of esters is 1. The van der Waals surface area contributed by atoms with E-state index in [-0.39, 0.29) is 22.9 Å². The van der Waals surface area contributed by atoms with Crippen LogP contribution < -0.4 is 4.74 Å². The largest absolute Gasteiger partial charge is 0.423 e. The van der Waals surface area contributed by atoms with Gasteiger partial charge in [-0.3, -0.25) is 9.59 Å². The third kappa shape index (κ3) is 1.97. The van der Waals surface area contributed by atoms with Crippen molar-refractivity contribution in [1.29, 1.82) is 0 Å². The van der Waals surface area contributed by atoms with Gasteiger partial charge in [-0.2, -0.15) is 0 Å². The molecule has 0 aromatic heterocycles. The van der Waals surface area contributed by atoms with Crippen molar-refractivity contribution in [3.05, 3.63) is 76.9 Å². The fourth-order valence-electron chi connectivity index (χ4n) is 2.59. The number of carbonyl (C=O) groups is 3. The summed E-state index contributed by atoms with van der Waals surface area (Å²) in [5.74, 6) is -0.795. The molecule has 1 aliphatic carbocycles. The van der Waals surface area contributed by atoms with Crippen molar-refractivity contribution in [2.24, 2.45) is 0 Å². The SMILES string of the molecule is C=CC(=O)Oc1ccc2c(c1C)C(=O)c1ccccc1C2=O. The smallest absolute Gasteiger partial charge is 0.335 e. The molecule has 0 unspecified atom stereocenters. The predicted octanol–water partition coefficient (Wildman–Crippen LogP) is 2.86. The molecule has 108 valence electrons. The van der Waals surface area contributed by atoms with Crippen LogP contribution in [0.1, 0.15) is 37.4 Å². The quantitative estimate of drug-likeness (QED) is 0.414. The lowest BCUT2D eigenvalue weighted by atomic mass is 9.82. The molecule has 0 bridgehead atoms. The predicted molar refractivity (Wildman–Crippen MR) is 80.3 cm³/mol. The lowest BCUT2D eigenvalue weighted by Crippen LogP contribution is -2.22. The topological polar surface area (TPSA) is 60.4 Å². The van der Waals surface area contributed by atoms with Crippen LogP contribution in [-0.4, -0.2) is 17.5 Å². The molecule has 0 N–H and O–H groups in total. The second-order valence-electron chi connectivity index (χ2n) is 4.94. The van der Waals surface area contributed by atoms with Gasteiger partial charge in [0.05, 0.1) is 0 Å². The number of fused-ring (bicyclic) bond motifs is 2. The summed E-state index contributed by atoms with van der Waals surface area (Å²) in [5.41, 5.74) is 1.86. The highest BCUT2D eigenvalue weighted by Crippen LogP contribution is 2.33. The first-order valence-electron chi connectivity index (χ1n) is 6.71. The minimum absolute atomic E-state index is 0.199. The van der Waals surface area contributed by atoms with E-state index in [1.54, 1.807) is 31.2 Å². The van der Waals surface area contributed by atoms with Gasteiger partial charge in [-0.25, -0.2) is 4.79 Å². The minimum atomic E-state index is -0.613. The molecule has 1 aliphatic rings. The van der Waals surface area contributed by atoms with Crippen LogP contribution in [0.5, 0.6) is 5.75 Å². The van der Waals surface area contributed by atoms with E-state index < -0.39 is 5.97 Å². The Bertz CT molecular complexity index is 846. The fraction of sp³-hybridized carbons (Fsp3) is 0.0556. The Hall–Kier alpha value is -3.01. The van der Waals surface area contributed by atoms with Crippen LogP contribution in [0.15, 0.2) is 49.1 Å². The number of ketones is 2. The Balaban J connectivity index is 2.19. The number of rotatable bonds is 2. The van der Waals surface area contributed by atoms with Crippen LogP contribution in [0, 0.1) is 6.92 Å². The van der Waals surface area contributed by atoms with Crippen LogP contribution in [0.3, 0.4) is 0 Å². The summed E-state index contributed by atoms with van der Waals surface area (Å²) in [6, 6.07) is 9.74. The van der Waals surface area contributed by atoms with Gasteiger partial charge in [0, 0.05) is 33.9 Å². The Morgan fingerprint density at radius 2 is 1.64 bits per heavy atom. The van der Waals surface area contributed by atoms with Crippen molar-refractivity contribution in [2.45, 2.75) is 6.92 Å². The monoisotopic (exact) mass is 292 g/mol. The van der Waals surface area contributed by atoms with Crippen molar-refractivity contribution < 1.29 is 19.1 Å². The van der Waals surface area contributed by atoms with Crippen LogP contribution in [0.25, 0.3) is 0 Å². The summed E-state index contributed by atoms with van der Waals surface area (Å²) < 4.78 is 5.11. The molecule has 0 saturated carbocycles. The molecule has 0 fully saturated rings. The number of ether oxygens (including phenoxy) is 1. The zero-order valence-corrected chi connectivity index (χ0v) is 11.9. The van der Waals surface area contributed by atoms with E-state index in [1.807, 2.05) is 0 Å². The Kier molecular flexibility index (Phi) is 3.22. The lowest BCUT2D eigenvalue weighted by molar-refractivity contribution is -0.129. The van der Waals surface area contributed by atoms with Crippen LogP contribution in [-0.2, 0) is 4.79 Å². The maximum atomic E-state index is 12.7. The van der Waals surface area contributed by atoms with Gasteiger partial charge in [0.15, 0.2) is 11.6 Å². The highest BCUT2D eigenvalue weighted by molar-refractivity contribution is 6.29. The molecule has 2 aromatic carbocycles. The summed E-state index contributed by atoms with van der Waals surface area (Å²) in [6.45, 7) is 4.99. The molecule has 0 spiro atoms. The van der Waals surface area contributed by atoms with Crippen molar-refractivity contribution in [2.75, 3.05) is 0 Å². The molecule has 0 aliphatic heterocycles. The third-order valence-corrected chi connectivity index (χ3v) is 3.68. The van der Waals surface area contributed by atoms with Gasteiger partial charge >= 0.3 is 5.97 Å². The van der Waals surface area contributed by atoms with E-state index in [9.17, 15) is 14.4 Å². The number of hydrogen-bond donors (Lipinski definition) is 0. The summed E-state index contributed by atoms with van der Waals surface area (Å²) in [4.78, 5) is 36.5. The second-order valence-corrected chi connectivity index (χ2v) is 4.94. The van der Waals surface area contributed by atoms with Crippen LogP contribution in [0.4, 0.5) is 0 Å². The average Bonchev–Trinajstić information content (AvgIpc) is 2.54. The van der Waals surface area contributed by atoms with Crippen LogP contribution in [0.2, 0.25) is 0 Å². The first kappa shape index (κ1) is 13.9. The van der Waals surface area contributed by atoms with E-state index in [1.165, 1.54) is 12.1 Å². The molecular formula is C18H12O4. The van der Waals surface area contributed by atoms with Crippen molar-refractivity contribution >= 4 is 17.5 Å². The molecule has 22 heavy (non-hydrogen) atoms. The summed E-state index contributed by atoms with van der Waals surface area (Å²) in [6.07, 6.45) is 1.04. The maximum Gasteiger partial charge on any atom is 0.335 e. The molecule has 0 amide bonds. The van der Waals surface area contributed by atoms with E-state index in [0.717, 1.165) is 6.08 Å². The number of benzene rings is 2. The summed E-state index contributed by atoms with van der Waals surface area (Å²) in [5, 5.41) is 0. The Morgan fingerprint density at radius 3 is 2.27 bits per heavy atom. The lowest BCUT2D eigenvalue weighted by Gasteiger charge is -2.20. The van der Waals surface area contributed by atoms with Crippen molar-refractivity contribution in [3.63, 3.8) is 0 Å². The molecule has 0 saturated heterocycles. The molecular weight excluding hydrogens is 280 g/mol. The fourth-order valence-corrected chi connectivity index (χ4v) is 2.59. The zero-order valence-electron chi connectivity index (χ0n) is 11.9. The van der Waals surface area contributed by atoms with Gasteiger partial charge in [0.2, 0.25) is 0 Å². The Morgan fingerprint density at radius 1 is 1.00 bits per heavy atom. The van der Waals surface area contributed by atoms with Crippen molar-refractivity contribution in [1.82, 2.24) is 0 Å². The highest BCUT2D eigenvalue weighted by Gasteiger charge is 2.31. The third-order valence-electron chi connectivity index (χ3n) is 3.68. The summed E-state index contributed by atoms with van der Waals surface area (Å²) >= 11 is 0. The maximum absolute atomic E-state index is 12.7. The van der Waals surface area contributed by atoms with Gasteiger partial charge in [-0.05, 0) is 19.1 Å². The van der Waals surface area contributed by atoms with E-state index in [2.05, 4.69) is 6.58 Å². The standard InChI is InChI=1S/C18H12O4/c1-3-15(19)22-14-9-8-13-16(10(14)2)18(21)12-7-5-4-6-11(12)17(13)20/h3-9H,1H2,2H3. The van der Waals surface area contributed by atoms with Gasteiger partial charge in [-0.1, -0.05) is 30.8 Å². The van der Waals surface area contributed by atoms with Gasteiger partial charge in [-0.15, -0.1) is 0 Å². The van der Waals surface area contributed by atoms with E-state index in [4.69, 9.17) is 4.74 Å². The second kappa shape index (κ2) is 5.07. The average molecular weight is 292 g/mol. The first-order chi connectivity index (χ1) is 10.5. The van der Waals surface area contributed by atoms with E-state index >= 15 is 0 Å². The molecule has 4 heteroatoms.